The average Bonchev–Trinajstić information content (AvgIpc) is 2.65. The van der Waals surface area contributed by atoms with Crippen molar-refractivity contribution < 1.29 is 32.6 Å². The van der Waals surface area contributed by atoms with Crippen molar-refractivity contribution in [3.8, 4) is 11.5 Å². The Hall–Kier alpha value is -2.64. The molecular weight excluding hydrogens is 348 g/mol. The van der Waals surface area contributed by atoms with E-state index >= 15 is 0 Å². The van der Waals surface area contributed by atoms with Gasteiger partial charge in [0.1, 0.15) is 0 Å². The van der Waals surface area contributed by atoms with Crippen molar-refractivity contribution in [3.63, 3.8) is 0 Å². The molecule has 0 aromatic heterocycles. The summed E-state index contributed by atoms with van der Waals surface area (Å²) in [5.74, 6) is -0.974. The van der Waals surface area contributed by atoms with E-state index in [-0.39, 0.29) is 36.5 Å². The van der Waals surface area contributed by atoms with Crippen LogP contribution in [-0.4, -0.2) is 32.2 Å². The van der Waals surface area contributed by atoms with Crippen molar-refractivity contribution in [2.24, 2.45) is 5.92 Å². The van der Waals surface area contributed by atoms with Gasteiger partial charge in [-0.1, -0.05) is 18.2 Å². The monoisotopic (exact) mass is 369 g/mol. The minimum Gasteiger partial charge on any atom is -0.493 e. The van der Waals surface area contributed by atoms with Crippen molar-refractivity contribution in [1.82, 2.24) is 5.32 Å². The van der Waals surface area contributed by atoms with E-state index < -0.39 is 12.5 Å². The van der Waals surface area contributed by atoms with Crippen molar-refractivity contribution in [2.45, 2.75) is 32.4 Å². The molecule has 26 heavy (non-hydrogen) atoms. The van der Waals surface area contributed by atoms with E-state index in [1.54, 1.807) is 0 Å². The largest absolute Gasteiger partial charge is 0.493 e. The van der Waals surface area contributed by atoms with E-state index in [9.17, 15) is 18.4 Å². The number of hydrogen-bond acceptors (Lipinski definition) is 5. The molecule has 0 unspecified atom stereocenters. The smallest absolute Gasteiger partial charge is 0.387 e. The second kappa shape index (κ2) is 9.74. The van der Waals surface area contributed by atoms with Gasteiger partial charge in [0.25, 0.3) is 5.91 Å². The number of nitrogens with one attached hydrogen (secondary N) is 1. The molecule has 1 N–H and O–H groups in total. The van der Waals surface area contributed by atoms with Gasteiger partial charge in [0.15, 0.2) is 18.1 Å². The first-order chi connectivity index (χ1) is 12.5. The van der Waals surface area contributed by atoms with Crippen LogP contribution < -0.4 is 14.8 Å². The molecule has 6 nitrogen and oxygen atoms in total. The summed E-state index contributed by atoms with van der Waals surface area (Å²) in [6.07, 6.45) is 6.14. The second-order valence-electron chi connectivity index (χ2n) is 5.73. The normalized spacial score (nSPS) is 16.2. The average molecular weight is 369 g/mol. The summed E-state index contributed by atoms with van der Waals surface area (Å²) in [7, 11) is 1.33. The number of esters is 1. The lowest BCUT2D eigenvalue weighted by molar-refractivity contribution is -0.152. The van der Waals surface area contributed by atoms with Crippen LogP contribution in [0.2, 0.25) is 0 Å². The van der Waals surface area contributed by atoms with Crippen molar-refractivity contribution >= 4 is 11.9 Å². The minimum atomic E-state index is -2.95. The third-order valence-corrected chi connectivity index (χ3v) is 3.88. The molecule has 0 heterocycles. The number of rotatable bonds is 8. The third-order valence-electron chi connectivity index (χ3n) is 3.88. The standard InChI is InChI=1S/C18H21F2NO5/c1-24-15-9-12(7-8-14(15)26-18(19)20)10-21-16(22)11-25-17(23)13-5-3-2-4-6-13/h2-3,7-9,13,18H,4-6,10-11H2,1H3,(H,21,22)/t13-/m1/s1. The summed E-state index contributed by atoms with van der Waals surface area (Å²) in [5, 5.41) is 2.59. The van der Waals surface area contributed by atoms with Crippen LogP contribution in [0.25, 0.3) is 0 Å². The number of amides is 1. The molecule has 1 aliphatic rings. The molecule has 0 fully saturated rings. The van der Waals surface area contributed by atoms with E-state index in [1.165, 1.54) is 25.3 Å². The van der Waals surface area contributed by atoms with Gasteiger partial charge in [-0.05, 0) is 37.0 Å². The Kier molecular flexibility index (Phi) is 7.37. The maximum Gasteiger partial charge on any atom is 0.387 e. The van der Waals surface area contributed by atoms with Crippen LogP contribution in [0, 0.1) is 5.92 Å². The van der Waals surface area contributed by atoms with Gasteiger partial charge in [-0.25, -0.2) is 0 Å². The number of alkyl halides is 2. The maximum absolute atomic E-state index is 12.3. The number of carbonyl (C=O) groups excluding carboxylic acids is 2. The molecular formula is C18H21F2NO5. The first-order valence-corrected chi connectivity index (χ1v) is 8.19. The molecule has 1 aromatic carbocycles. The van der Waals surface area contributed by atoms with E-state index in [0.717, 1.165) is 12.8 Å². The number of allylic oxidation sites excluding steroid dienone is 2. The summed E-state index contributed by atoms with van der Waals surface area (Å²) < 4.78 is 38.9. The van der Waals surface area contributed by atoms with Crippen molar-refractivity contribution in [3.05, 3.63) is 35.9 Å². The van der Waals surface area contributed by atoms with Crippen LogP contribution >= 0.6 is 0 Å². The quantitative estimate of drug-likeness (QED) is 0.563. The Morgan fingerprint density at radius 3 is 2.73 bits per heavy atom. The van der Waals surface area contributed by atoms with Gasteiger partial charge < -0.3 is 19.5 Å². The van der Waals surface area contributed by atoms with Crippen LogP contribution in [0.15, 0.2) is 30.4 Å². The molecule has 0 aliphatic heterocycles. The summed E-state index contributed by atoms with van der Waals surface area (Å²) in [6, 6.07) is 4.35. The Morgan fingerprint density at radius 1 is 1.27 bits per heavy atom. The predicted octanol–water partition coefficient (Wildman–Crippen LogP) is 2.81. The Labute approximate surface area is 150 Å². The fraction of sp³-hybridized carbons (Fsp3) is 0.444. The van der Waals surface area contributed by atoms with Gasteiger partial charge in [-0.2, -0.15) is 8.78 Å². The minimum absolute atomic E-state index is 0.0898. The highest BCUT2D eigenvalue weighted by Crippen LogP contribution is 2.29. The van der Waals surface area contributed by atoms with Gasteiger partial charge >= 0.3 is 12.6 Å². The van der Waals surface area contributed by atoms with Gasteiger partial charge in [-0.15, -0.1) is 0 Å². The SMILES string of the molecule is COc1cc(CNC(=O)COC(=O)[C@@H]2CC=CCC2)ccc1OC(F)F. The zero-order valence-corrected chi connectivity index (χ0v) is 14.4. The third kappa shape index (κ3) is 6.02. The van der Waals surface area contributed by atoms with Crippen LogP contribution in [0.4, 0.5) is 8.78 Å². The van der Waals surface area contributed by atoms with Crippen molar-refractivity contribution in [2.75, 3.05) is 13.7 Å². The molecule has 142 valence electrons. The molecule has 0 radical (unpaired) electrons. The fourth-order valence-electron chi connectivity index (χ4n) is 2.53. The topological polar surface area (TPSA) is 73.9 Å². The van der Waals surface area contributed by atoms with Crippen molar-refractivity contribution in [1.29, 1.82) is 0 Å². The van der Waals surface area contributed by atoms with E-state index in [0.29, 0.717) is 12.0 Å². The molecule has 1 aliphatic carbocycles. The molecule has 2 rings (SSSR count). The summed E-state index contributed by atoms with van der Waals surface area (Å²) in [4.78, 5) is 23.7. The highest BCUT2D eigenvalue weighted by molar-refractivity contribution is 5.81. The molecule has 1 atom stereocenters. The Morgan fingerprint density at radius 2 is 2.08 bits per heavy atom. The number of benzene rings is 1. The zero-order valence-electron chi connectivity index (χ0n) is 14.4. The maximum atomic E-state index is 12.3. The molecule has 1 aromatic rings. The van der Waals surface area contributed by atoms with Gasteiger partial charge in [0.05, 0.1) is 13.0 Å². The highest BCUT2D eigenvalue weighted by atomic mass is 19.3. The summed E-state index contributed by atoms with van der Waals surface area (Å²) in [5.41, 5.74) is 0.626. The van der Waals surface area contributed by atoms with E-state index in [1.807, 2.05) is 12.2 Å². The highest BCUT2D eigenvalue weighted by Gasteiger charge is 2.21. The number of carbonyl (C=O) groups is 2. The van der Waals surface area contributed by atoms with Gasteiger partial charge in [0.2, 0.25) is 0 Å². The van der Waals surface area contributed by atoms with E-state index in [2.05, 4.69) is 10.1 Å². The molecule has 0 saturated carbocycles. The number of ether oxygens (including phenoxy) is 3. The number of halogens is 2. The summed E-state index contributed by atoms with van der Waals surface area (Å²) >= 11 is 0. The lowest BCUT2D eigenvalue weighted by Crippen LogP contribution is -2.30. The zero-order chi connectivity index (χ0) is 18.9. The molecule has 8 heteroatoms. The molecule has 0 spiro atoms. The van der Waals surface area contributed by atoms with Gasteiger partial charge in [0, 0.05) is 6.54 Å². The lowest BCUT2D eigenvalue weighted by atomic mass is 9.95. The Bertz CT molecular complexity index is 663. The first-order valence-electron chi connectivity index (χ1n) is 8.19. The molecule has 1 amide bonds. The van der Waals surface area contributed by atoms with Crippen LogP contribution in [-0.2, 0) is 20.9 Å². The van der Waals surface area contributed by atoms with Gasteiger partial charge in [-0.3, -0.25) is 9.59 Å². The summed E-state index contributed by atoms with van der Waals surface area (Å²) in [6.45, 7) is -3.18. The van der Waals surface area contributed by atoms with Crippen LogP contribution in [0.1, 0.15) is 24.8 Å². The van der Waals surface area contributed by atoms with Crippen LogP contribution in [0.3, 0.4) is 0 Å². The Balaban J connectivity index is 1.79. The molecule has 0 bridgehead atoms. The first kappa shape index (κ1) is 19.7. The number of methoxy groups -OCH3 is 1. The predicted molar refractivity (Wildman–Crippen MR) is 88.9 cm³/mol. The second-order valence-corrected chi connectivity index (χ2v) is 5.73. The number of hydrogen-bond donors (Lipinski definition) is 1. The lowest BCUT2D eigenvalue weighted by Gasteiger charge is -2.16. The molecule has 0 saturated heterocycles. The van der Waals surface area contributed by atoms with Crippen LogP contribution in [0.5, 0.6) is 11.5 Å². The van der Waals surface area contributed by atoms with E-state index in [4.69, 9.17) is 9.47 Å². The fourth-order valence-corrected chi connectivity index (χ4v) is 2.53.